The highest BCUT2D eigenvalue weighted by Crippen LogP contribution is 2.25. The van der Waals surface area contributed by atoms with Gasteiger partial charge in [-0.1, -0.05) is 17.7 Å². The van der Waals surface area contributed by atoms with Crippen LogP contribution in [0.15, 0.2) is 34.9 Å². The second-order valence-corrected chi connectivity index (χ2v) is 5.31. The largest absolute Gasteiger partial charge is 0.345 e. The first-order valence-corrected chi connectivity index (χ1v) is 6.75. The third-order valence-electron chi connectivity index (χ3n) is 2.68. The SMILES string of the molecule is CC(NC(=O)c1ccc(Br)[nH]1)c1c(F)cccc1Cl. The lowest BCUT2D eigenvalue weighted by Gasteiger charge is -2.16. The smallest absolute Gasteiger partial charge is 0.268 e. The van der Waals surface area contributed by atoms with Crippen LogP contribution in [0.25, 0.3) is 0 Å². The van der Waals surface area contributed by atoms with Crippen LogP contribution in [0, 0.1) is 5.82 Å². The van der Waals surface area contributed by atoms with E-state index in [0.717, 1.165) is 0 Å². The van der Waals surface area contributed by atoms with Gasteiger partial charge in [0.15, 0.2) is 0 Å². The molecule has 19 heavy (non-hydrogen) atoms. The molecule has 2 rings (SSSR count). The van der Waals surface area contributed by atoms with Crippen molar-refractivity contribution in [2.45, 2.75) is 13.0 Å². The van der Waals surface area contributed by atoms with Crippen LogP contribution in [0.5, 0.6) is 0 Å². The summed E-state index contributed by atoms with van der Waals surface area (Å²) >= 11 is 9.17. The van der Waals surface area contributed by atoms with Crippen LogP contribution in [0.4, 0.5) is 4.39 Å². The Kier molecular flexibility index (Phi) is 4.27. The molecular weight excluding hydrogens is 335 g/mol. The number of rotatable bonds is 3. The molecule has 0 radical (unpaired) electrons. The zero-order valence-electron chi connectivity index (χ0n) is 10.0. The highest BCUT2D eigenvalue weighted by Gasteiger charge is 2.18. The van der Waals surface area contributed by atoms with E-state index in [2.05, 4.69) is 26.2 Å². The molecule has 100 valence electrons. The first-order chi connectivity index (χ1) is 8.99. The number of aromatic amines is 1. The average Bonchev–Trinajstić information content (AvgIpc) is 2.75. The number of carbonyl (C=O) groups excluding carboxylic acids is 1. The quantitative estimate of drug-likeness (QED) is 0.865. The Morgan fingerprint density at radius 1 is 1.42 bits per heavy atom. The number of carbonyl (C=O) groups is 1. The Morgan fingerprint density at radius 2 is 2.16 bits per heavy atom. The summed E-state index contributed by atoms with van der Waals surface area (Å²) < 4.78 is 14.4. The van der Waals surface area contributed by atoms with Crippen LogP contribution in [-0.2, 0) is 0 Å². The molecule has 1 amide bonds. The molecule has 1 atom stereocenters. The highest BCUT2D eigenvalue weighted by molar-refractivity contribution is 9.10. The first-order valence-electron chi connectivity index (χ1n) is 5.58. The third kappa shape index (κ3) is 3.16. The van der Waals surface area contributed by atoms with Crippen LogP contribution in [0.1, 0.15) is 29.0 Å². The zero-order chi connectivity index (χ0) is 14.0. The topological polar surface area (TPSA) is 44.9 Å². The molecule has 0 aliphatic carbocycles. The van der Waals surface area contributed by atoms with Gasteiger partial charge < -0.3 is 10.3 Å². The van der Waals surface area contributed by atoms with Crippen LogP contribution in [0.2, 0.25) is 5.02 Å². The van der Waals surface area contributed by atoms with Crippen molar-refractivity contribution >= 4 is 33.4 Å². The molecule has 0 saturated carbocycles. The fraction of sp³-hybridized carbons (Fsp3) is 0.154. The molecule has 1 aromatic heterocycles. The number of hydrogen-bond donors (Lipinski definition) is 2. The molecule has 0 saturated heterocycles. The van der Waals surface area contributed by atoms with Gasteiger partial charge in [0.2, 0.25) is 0 Å². The van der Waals surface area contributed by atoms with Crippen LogP contribution in [0.3, 0.4) is 0 Å². The summed E-state index contributed by atoms with van der Waals surface area (Å²) in [6.45, 7) is 1.68. The minimum atomic E-state index is -0.525. The fourth-order valence-corrected chi connectivity index (χ4v) is 2.44. The van der Waals surface area contributed by atoms with Crippen molar-refractivity contribution < 1.29 is 9.18 Å². The molecule has 0 bridgehead atoms. The molecule has 1 heterocycles. The van der Waals surface area contributed by atoms with Crippen molar-refractivity contribution in [1.29, 1.82) is 0 Å². The van der Waals surface area contributed by atoms with Gasteiger partial charge in [-0.2, -0.15) is 0 Å². The van der Waals surface area contributed by atoms with E-state index in [1.807, 2.05) is 0 Å². The summed E-state index contributed by atoms with van der Waals surface area (Å²) in [5.74, 6) is -0.759. The number of benzene rings is 1. The minimum Gasteiger partial charge on any atom is -0.345 e. The van der Waals surface area contributed by atoms with Crippen molar-refractivity contribution in [2.75, 3.05) is 0 Å². The number of amides is 1. The number of nitrogens with one attached hydrogen (secondary N) is 2. The highest BCUT2D eigenvalue weighted by atomic mass is 79.9. The molecule has 0 aliphatic rings. The van der Waals surface area contributed by atoms with Gasteiger partial charge in [-0.05, 0) is 47.1 Å². The molecule has 0 aliphatic heterocycles. The third-order valence-corrected chi connectivity index (χ3v) is 3.47. The molecule has 2 aromatic rings. The van der Waals surface area contributed by atoms with Gasteiger partial charge >= 0.3 is 0 Å². The molecule has 0 spiro atoms. The van der Waals surface area contributed by atoms with Crippen LogP contribution < -0.4 is 5.32 Å². The van der Waals surface area contributed by atoms with Gasteiger partial charge in [-0.25, -0.2) is 4.39 Å². The van der Waals surface area contributed by atoms with E-state index in [0.29, 0.717) is 15.3 Å². The Labute approximate surface area is 123 Å². The van der Waals surface area contributed by atoms with Crippen molar-refractivity contribution in [3.8, 4) is 0 Å². The number of halogens is 3. The lowest BCUT2D eigenvalue weighted by atomic mass is 10.1. The maximum atomic E-state index is 13.7. The Morgan fingerprint density at radius 3 is 2.74 bits per heavy atom. The van der Waals surface area contributed by atoms with Crippen LogP contribution in [-0.4, -0.2) is 10.9 Å². The van der Waals surface area contributed by atoms with Crippen molar-refractivity contribution in [2.24, 2.45) is 0 Å². The maximum Gasteiger partial charge on any atom is 0.268 e. The zero-order valence-corrected chi connectivity index (χ0v) is 12.3. The summed E-state index contributed by atoms with van der Waals surface area (Å²) in [7, 11) is 0. The molecule has 0 fully saturated rings. The van der Waals surface area contributed by atoms with Crippen LogP contribution >= 0.6 is 27.5 Å². The standard InChI is InChI=1S/C13H11BrClFN2O/c1-7(12-8(15)3-2-4-9(12)16)17-13(19)10-5-6-11(14)18-10/h2-7,18H,1H3,(H,17,19). The molecule has 6 heteroatoms. The van der Waals surface area contributed by atoms with E-state index in [9.17, 15) is 9.18 Å². The summed E-state index contributed by atoms with van der Waals surface area (Å²) in [4.78, 5) is 14.8. The molecule has 1 unspecified atom stereocenters. The van der Waals surface area contributed by atoms with E-state index in [-0.39, 0.29) is 11.5 Å². The Bertz CT molecular complexity index is 594. The number of aromatic nitrogens is 1. The maximum absolute atomic E-state index is 13.7. The van der Waals surface area contributed by atoms with E-state index in [1.165, 1.54) is 12.1 Å². The molecule has 2 N–H and O–H groups in total. The van der Waals surface area contributed by atoms with E-state index < -0.39 is 11.9 Å². The fourth-order valence-electron chi connectivity index (χ4n) is 1.77. The lowest BCUT2D eigenvalue weighted by molar-refractivity contribution is 0.0935. The monoisotopic (exact) mass is 344 g/mol. The summed E-state index contributed by atoms with van der Waals surface area (Å²) in [5.41, 5.74) is 0.675. The van der Waals surface area contributed by atoms with E-state index in [4.69, 9.17) is 11.6 Å². The number of H-pyrrole nitrogens is 1. The number of hydrogen-bond acceptors (Lipinski definition) is 1. The normalized spacial score (nSPS) is 12.2. The Hall–Kier alpha value is -1.33. The predicted octanol–water partition coefficient (Wildman–Crippen LogP) is 4.06. The molecule has 1 aromatic carbocycles. The minimum absolute atomic E-state index is 0.281. The van der Waals surface area contributed by atoms with Gasteiger partial charge in [0.1, 0.15) is 11.5 Å². The van der Waals surface area contributed by atoms with Crippen molar-refractivity contribution in [3.05, 3.63) is 57.0 Å². The van der Waals surface area contributed by atoms with Crippen molar-refractivity contribution in [3.63, 3.8) is 0 Å². The van der Waals surface area contributed by atoms with Gasteiger partial charge in [0.05, 0.1) is 10.6 Å². The second-order valence-electron chi connectivity index (χ2n) is 4.05. The van der Waals surface area contributed by atoms with Crippen molar-refractivity contribution in [1.82, 2.24) is 10.3 Å². The average molecular weight is 346 g/mol. The summed E-state index contributed by atoms with van der Waals surface area (Å²) in [6.07, 6.45) is 0. The predicted molar refractivity (Wildman–Crippen MR) is 75.8 cm³/mol. The second kappa shape index (κ2) is 5.75. The summed E-state index contributed by atoms with van der Waals surface area (Å²) in [6, 6.07) is 7.26. The van der Waals surface area contributed by atoms with Gasteiger partial charge in [0.25, 0.3) is 5.91 Å². The van der Waals surface area contributed by atoms with Gasteiger partial charge in [-0.15, -0.1) is 0 Å². The molecule has 3 nitrogen and oxygen atoms in total. The van der Waals surface area contributed by atoms with E-state index >= 15 is 0 Å². The Balaban J connectivity index is 2.17. The lowest BCUT2D eigenvalue weighted by Crippen LogP contribution is -2.27. The van der Waals surface area contributed by atoms with Gasteiger partial charge in [0, 0.05) is 10.6 Å². The first kappa shape index (κ1) is 14.1. The summed E-state index contributed by atoms with van der Waals surface area (Å²) in [5, 5.41) is 2.98. The van der Waals surface area contributed by atoms with E-state index in [1.54, 1.807) is 25.1 Å². The van der Waals surface area contributed by atoms with Gasteiger partial charge in [-0.3, -0.25) is 4.79 Å². The molecular formula is C13H11BrClFN2O.